The predicted octanol–water partition coefficient (Wildman–Crippen LogP) is 3.12. The third-order valence-corrected chi connectivity index (χ3v) is 3.65. The van der Waals surface area contributed by atoms with E-state index >= 15 is 0 Å². The summed E-state index contributed by atoms with van der Waals surface area (Å²) in [6.07, 6.45) is 1.90. The van der Waals surface area contributed by atoms with Crippen molar-refractivity contribution in [2.75, 3.05) is 0 Å². The molecule has 0 spiro atoms. The van der Waals surface area contributed by atoms with Crippen molar-refractivity contribution in [1.82, 2.24) is 9.88 Å². The van der Waals surface area contributed by atoms with Gasteiger partial charge in [0.15, 0.2) is 5.76 Å². The molecule has 0 unspecified atom stereocenters. The molecular weight excluding hydrogens is 310 g/mol. The molecule has 0 saturated carbocycles. The number of carbonyl (C=O) groups excluding carboxylic acids is 1. The van der Waals surface area contributed by atoms with E-state index in [9.17, 15) is 14.9 Å². The summed E-state index contributed by atoms with van der Waals surface area (Å²) in [5.41, 5.74) is 1.48. The zero-order valence-electron chi connectivity index (χ0n) is 12.9. The number of benzene rings is 1. The van der Waals surface area contributed by atoms with Crippen LogP contribution in [0.3, 0.4) is 0 Å². The Kier molecular flexibility index (Phi) is 4.15. The average molecular weight is 325 g/mol. The molecule has 1 amide bonds. The van der Waals surface area contributed by atoms with Gasteiger partial charge >= 0.3 is 0 Å². The van der Waals surface area contributed by atoms with Crippen molar-refractivity contribution >= 4 is 11.6 Å². The standard InChI is InChI=1S/C17H15N3O4/c1-19-9-3-6-14(19)11-18-17(21)16-8-7-15(24-16)12-4-2-5-13(10-12)20(22)23/h2-10H,11H2,1H3,(H,18,21). The number of furan rings is 1. The maximum absolute atomic E-state index is 12.1. The molecule has 2 aromatic heterocycles. The first kappa shape index (κ1) is 15.5. The third-order valence-electron chi connectivity index (χ3n) is 3.65. The van der Waals surface area contributed by atoms with Gasteiger partial charge in [-0.1, -0.05) is 12.1 Å². The number of nitro benzene ring substituents is 1. The molecule has 0 aliphatic heterocycles. The Morgan fingerprint density at radius 2 is 2.08 bits per heavy atom. The van der Waals surface area contributed by atoms with E-state index in [1.54, 1.807) is 24.3 Å². The van der Waals surface area contributed by atoms with Crippen LogP contribution in [0, 0.1) is 10.1 Å². The molecule has 0 aliphatic rings. The zero-order valence-corrected chi connectivity index (χ0v) is 12.9. The highest BCUT2D eigenvalue weighted by Gasteiger charge is 2.14. The Morgan fingerprint density at radius 3 is 2.79 bits per heavy atom. The second-order valence-electron chi connectivity index (χ2n) is 5.26. The predicted molar refractivity (Wildman–Crippen MR) is 87.4 cm³/mol. The van der Waals surface area contributed by atoms with Crippen LogP contribution in [0.25, 0.3) is 11.3 Å². The number of nitrogens with zero attached hydrogens (tertiary/aromatic N) is 2. The van der Waals surface area contributed by atoms with Gasteiger partial charge in [-0.2, -0.15) is 0 Å². The third kappa shape index (κ3) is 3.19. The molecule has 1 N–H and O–H groups in total. The van der Waals surface area contributed by atoms with Crippen LogP contribution in [0.5, 0.6) is 0 Å². The van der Waals surface area contributed by atoms with Crippen molar-refractivity contribution in [1.29, 1.82) is 0 Å². The van der Waals surface area contributed by atoms with Crippen LogP contribution in [0.1, 0.15) is 16.2 Å². The molecule has 0 aliphatic carbocycles. The number of nitrogens with one attached hydrogen (secondary N) is 1. The van der Waals surface area contributed by atoms with E-state index in [1.165, 1.54) is 12.1 Å². The van der Waals surface area contributed by atoms with Gasteiger partial charge in [0.25, 0.3) is 11.6 Å². The van der Waals surface area contributed by atoms with Gasteiger partial charge in [0.2, 0.25) is 0 Å². The first-order valence-corrected chi connectivity index (χ1v) is 7.27. The van der Waals surface area contributed by atoms with Crippen LogP contribution >= 0.6 is 0 Å². The monoisotopic (exact) mass is 325 g/mol. The van der Waals surface area contributed by atoms with Gasteiger partial charge in [-0.3, -0.25) is 14.9 Å². The topological polar surface area (TPSA) is 90.3 Å². The van der Waals surface area contributed by atoms with E-state index < -0.39 is 4.92 Å². The van der Waals surface area contributed by atoms with Crippen molar-refractivity contribution < 1.29 is 14.1 Å². The molecule has 3 aromatic rings. The first-order chi connectivity index (χ1) is 11.5. The number of nitro groups is 1. The van der Waals surface area contributed by atoms with Gasteiger partial charge in [-0.05, 0) is 24.3 Å². The molecule has 0 fully saturated rings. The molecule has 3 rings (SSSR count). The number of non-ortho nitro benzene ring substituents is 1. The molecular formula is C17H15N3O4. The van der Waals surface area contributed by atoms with Crippen LogP contribution in [-0.2, 0) is 13.6 Å². The van der Waals surface area contributed by atoms with Crippen LogP contribution < -0.4 is 5.32 Å². The quantitative estimate of drug-likeness (QED) is 0.576. The van der Waals surface area contributed by atoms with Gasteiger partial charge < -0.3 is 14.3 Å². The molecule has 7 heteroatoms. The lowest BCUT2D eigenvalue weighted by atomic mass is 10.1. The fraction of sp³-hybridized carbons (Fsp3) is 0.118. The molecule has 2 heterocycles. The minimum absolute atomic E-state index is 0.0291. The normalized spacial score (nSPS) is 10.5. The largest absolute Gasteiger partial charge is 0.451 e. The molecule has 1 aromatic carbocycles. The Bertz CT molecular complexity index is 895. The van der Waals surface area contributed by atoms with Crippen molar-refractivity contribution in [3.8, 4) is 11.3 Å². The number of aromatic nitrogens is 1. The smallest absolute Gasteiger partial charge is 0.287 e. The molecule has 24 heavy (non-hydrogen) atoms. The summed E-state index contributed by atoms with van der Waals surface area (Å²) >= 11 is 0. The number of carbonyl (C=O) groups is 1. The van der Waals surface area contributed by atoms with Gasteiger partial charge in [-0.15, -0.1) is 0 Å². The van der Waals surface area contributed by atoms with Crippen LogP contribution in [-0.4, -0.2) is 15.4 Å². The van der Waals surface area contributed by atoms with E-state index in [2.05, 4.69) is 5.32 Å². The summed E-state index contributed by atoms with van der Waals surface area (Å²) in [5.74, 6) is 0.223. The van der Waals surface area contributed by atoms with Crippen LogP contribution in [0.4, 0.5) is 5.69 Å². The molecule has 0 bridgehead atoms. The molecule has 7 nitrogen and oxygen atoms in total. The number of hydrogen-bond acceptors (Lipinski definition) is 4. The Labute approximate surface area is 137 Å². The van der Waals surface area contributed by atoms with Gasteiger partial charge in [0.05, 0.1) is 11.5 Å². The minimum Gasteiger partial charge on any atom is -0.451 e. The van der Waals surface area contributed by atoms with Crippen molar-refractivity contribution in [2.24, 2.45) is 7.05 Å². The van der Waals surface area contributed by atoms with E-state index in [0.717, 1.165) is 5.69 Å². The Morgan fingerprint density at radius 1 is 1.25 bits per heavy atom. The highest BCUT2D eigenvalue weighted by molar-refractivity contribution is 5.92. The lowest BCUT2D eigenvalue weighted by Gasteiger charge is -2.04. The summed E-state index contributed by atoms with van der Waals surface area (Å²) in [6.45, 7) is 0.384. The zero-order chi connectivity index (χ0) is 17.1. The van der Waals surface area contributed by atoms with Crippen LogP contribution in [0.2, 0.25) is 0 Å². The minimum atomic E-state index is -0.472. The highest BCUT2D eigenvalue weighted by atomic mass is 16.6. The van der Waals surface area contributed by atoms with E-state index in [-0.39, 0.29) is 17.4 Å². The lowest BCUT2D eigenvalue weighted by Crippen LogP contribution is -2.23. The van der Waals surface area contributed by atoms with Crippen molar-refractivity contribution in [3.05, 3.63) is 76.3 Å². The first-order valence-electron chi connectivity index (χ1n) is 7.27. The fourth-order valence-electron chi connectivity index (χ4n) is 2.33. The summed E-state index contributed by atoms with van der Waals surface area (Å²) in [5, 5.41) is 13.6. The second-order valence-corrected chi connectivity index (χ2v) is 5.26. The van der Waals surface area contributed by atoms with Gasteiger partial charge in [0.1, 0.15) is 5.76 Å². The van der Waals surface area contributed by atoms with E-state index in [1.807, 2.05) is 29.9 Å². The number of rotatable bonds is 5. The maximum Gasteiger partial charge on any atom is 0.287 e. The number of amides is 1. The molecule has 0 radical (unpaired) electrons. The van der Waals surface area contributed by atoms with Crippen molar-refractivity contribution in [2.45, 2.75) is 6.54 Å². The highest BCUT2D eigenvalue weighted by Crippen LogP contribution is 2.25. The van der Waals surface area contributed by atoms with Crippen molar-refractivity contribution in [3.63, 3.8) is 0 Å². The SMILES string of the molecule is Cn1cccc1CNC(=O)c1ccc(-c2cccc([N+](=O)[O-])c2)o1. The van der Waals surface area contributed by atoms with Gasteiger partial charge in [-0.25, -0.2) is 0 Å². The Balaban J connectivity index is 1.73. The number of aryl methyl sites for hydroxylation is 1. The lowest BCUT2D eigenvalue weighted by molar-refractivity contribution is -0.384. The summed E-state index contributed by atoms with van der Waals surface area (Å²) in [4.78, 5) is 22.5. The van der Waals surface area contributed by atoms with Gasteiger partial charge in [0, 0.05) is 36.6 Å². The Hall–Kier alpha value is -3.35. The van der Waals surface area contributed by atoms with E-state index in [4.69, 9.17) is 4.42 Å². The summed E-state index contributed by atoms with van der Waals surface area (Å²) in [6, 6.07) is 13.1. The molecule has 122 valence electrons. The summed E-state index contributed by atoms with van der Waals surface area (Å²) < 4.78 is 7.44. The molecule has 0 saturated heterocycles. The second kappa shape index (κ2) is 6.41. The molecule has 0 atom stereocenters. The average Bonchev–Trinajstić information content (AvgIpc) is 3.22. The number of hydrogen-bond donors (Lipinski definition) is 1. The fourth-order valence-corrected chi connectivity index (χ4v) is 2.33. The van der Waals surface area contributed by atoms with E-state index in [0.29, 0.717) is 17.9 Å². The van der Waals surface area contributed by atoms with Crippen LogP contribution in [0.15, 0.2) is 59.1 Å². The maximum atomic E-state index is 12.1. The summed E-state index contributed by atoms with van der Waals surface area (Å²) in [7, 11) is 1.90.